The molecule has 114 valence electrons. The number of nitrogens with one attached hydrogen (secondary N) is 1. The van der Waals surface area contributed by atoms with Gasteiger partial charge in [0.05, 0.1) is 5.39 Å². The second-order valence-electron chi connectivity index (χ2n) is 5.90. The molecule has 1 N–H and O–H groups in total. The molecular weight excluding hydrogens is 280 g/mol. The molecule has 1 fully saturated rings. The molecule has 1 aliphatic heterocycles. The van der Waals surface area contributed by atoms with Gasteiger partial charge < -0.3 is 10.2 Å². The van der Waals surface area contributed by atoms with Gasteiger partial charge in [-0.3, -0.25) is 0 Å². The molecule has 0 bridgehead atoms. The van der Waals surface area contributed by atoms with E-state index in [9.17, 15) is 0 Å². The molecule has 4 nitrogen and oxygen atoms in total. The number of hydrogen-bond donors (Lipinski definition) is 1. The maximum Gasteiger partial charge on any atom is 0.141 e. The molecule has 2 aromatic heterocycles. The highest BCUT2D eigenvalue weighted by atomic mass is 32.1. The van der Waals surface area contributed by atoms with Gasteiger partial charge in [0.25, 0.3) is 0 Å². The van der Waals surface area contributed by atoms with Crippen molar-refractivity contribution < 1.29 is 0 Å². The van der Waals surface area contributed by atoms with Crippen LogP contribution < -0.4 is 10.2 Å². The Hall–Kier alpha value is -1.20. The number of rotatable bonds is 5. The van der Waals surface area contributed by atoms with E-state index in [-0.39, 0.29) is 0 Å². The molecule has 0 radical (unpaired) electrons. The predicted molar refractivity (Wildman–Crippen MR) is 90.4 cm³/mol. The van der Waals surface area contributed by atoms with Crippen LogP contribution in [-0.2, 0) is 0 Å². The van der Waals surface area contributed by atoms with Gasteiger partial charge in [-0.1, -0.05) is 6.92 Å². The Morgan fingerprint density at radius 1 is 1.38 bits per heavy atom. The van der Waals surface area contributed by atoms with Crippen molar-refractivity contribution in [2.45, 2.75) is 46.1 Å². The van der Waals surface area contributed by atoms with E-state index in [2.05, 4.69) is 41.0 Å². The van der Waals surface area contributed by atoms with E-state index in [1.807, 2.05) is 0 Å². The van der Waals surface area contributed by atoms with Crippen LogP contribution in [0.2, 0.25) is 0 Å². The molecule has 1 saturated heterocycles. The Morgan fingerprint density at radius 3 is 2.95 bits per heavy atom. The zero-order valence-electron chi connectivity index (χ0n) is 13.1. The highest BCUT2D eigenvalue weighted by Gasteiger charge is 2.21. The molecule has 3 heterocycles. The molecular formula is C16H24N4S. The maximum absolute atomic E-state index is 4.64. The first-order valence-electron chi connectivity index (χ1n) is 7.89. The minimum Gasteiger partial charge on any atom is -0.354 e. The largest absolute Gasteiger partial charge is 0.354 e. The quantitative estimate of drug-likeness (QED) is 0.920. The van der Waals surface area contributed by atoms with Crippen molar-refractivity contribution in [2.75, 3.05) is 24.5 Å². The number of thiophene rings is 1. The number of fused-ring (bicyclic) bond motifs is 1. The Labute approximate surface area is 130 Å². The highest BCUT2D eigenvalue weighted by molar-refractivity contribution is 7.18. The minimum atomic E-state index is 0.599. The van der Waals surface area contributed by atoms with E-state index in [0.717, 1.165) is 36.7 Å². The van der Waals surface area contributed by atoms with Crippen LogP contribution in [0.15, 0.2) is 6.33 Å². The van der Waals surface area contributed by atoms with Crippen molar-refractivity contribution in [3.63, 3.8) is 0 Å². The zero-order chi connectivity index (χ0) is 14.8. The SMILES string of the molecule is CCCN(CC1CCCN1)c1ncnc2sc(C)c(C)c12. The van der Waals surface area contributed by atoms with Crippen molar-refractivity contribution in [1.29, 1.82) is 0 Å². The summed E-state index contributed by atoms with van der Waals surface area (Å²) < 4.78 is 0. The summed E-state index contributed by atoms with van der Waals surface area (Å²) in [7, 11) is 0. The normalized spacial score (nSPS) is 18.5. The third-order valence-electron chi connectivity index (χ3n) is 4.34. The van der Waals surface area contributed by atoms with Crippen LogP contribution in [-0.4, -0.2) is 35.6 Å². The first-order valence-corrected chi connectivity index (χ1v) is 8.71. The number of aromatic nitrogens is 2. The van der Waals surface area contributed by atoms with Crippen LogP contribution in [0.4, 0.5) is 5.82 Å². The smallest absolute Gasteiger partial charge is 0.141 e. The zero-order valence-corrected chi connectivity index (χ0v) is 14.0. The highest BCUT2D eigenvalue weighted by Crippen LogP contribution is 2.34. The van der Waals surface area contributed by atoms with E-state index in [1.54, 1.807) is 17.7 Å². The number of hydrogen-bond acceptors (Lipinski definition) is 5. The van der Waals surface area contributed by atoms with E-state index in [0.29, 0.717) is 6.04 Å². The van der Waals surface area contributed by atoms with Gasteiger partial charge in [0.1, 0.15) is 17.0 Å². The molecule has 21 heavy (non-hydrogen) atoms. The average molecular weight is 304 g/mol. The lowest BCUT2D eigenvalue weighted by Crippen LogP contribution is -2.38. The van der Waals surface area contributed by atoms with Crippen molar-refractivity contribution in [1.82, 2.24) is 15.3 Å². The van der Waals surface area contributed by atoms with Gasteiger partial charge >= 0.3 is 0 Å². The van der Waals surface area contributed by atoms with Crippen LogP contribution in [0.3, 0.4) is 0 Å². The van der Waals surface area contributed by atoms with E-state index in [1.165, 1.54) is 28.7 Å². The first-order chi connectivity index (χ1) is 10.2. The standard InChI is InChI=1S/C16H24N4S/c1-4-8-20(9-13-6-5-7-17-13)15-14-11(2)12(3)21-16(14)19-10-18-15/h10,13,17H,4-9H2,1-3H3. The van der Waals surface area contributed by atoms with Crippen molar-refractivity contribution >= 4 is 27.4 Å². The van der Waals surface area contributed by atoms with Crippen LogP contribution in [0, 0.1) is 13.8 Å². The van der Waals surface area contributed by atoms with Crippen LogP contribution in [0.1, 0.15) is 36.6 Å². The fourth-order valence-corrected chi connectivity index (χ4v) is 4.13. The molecule has 0 aliphatic carbocycles. The Balaban J connectivity index is 1.97. The Morgan fingerprint density at radius 2 is 2.24 bits per heavy atom. The first kappa shape index (κ1) is 14.7. The van der Waals surface area contributed by atoms with E-state index >= 15 is 0 Å². The third-order valence-corrected chi connectivity index (χ3v) is 5.46. The van der Waals surface area contributed by atoms with Crippen LogP contribution in [0.25, 0.3) is 10.2 Å². The average Bonchev–Trinajstić information content (AvgIpc) is 3.08. The van der Waals surface area contributed by atoms with Crippen LogP contribution in [0.5, 0.6) is 0 Å². The Kier molecular flexibility index (Phi) is 4.40. The summed E-state index contributed by atoms with van der Waals surface area (Å²) in [6, 6.07) is 0.599. The van der Waals surface area contributed by atoms with Gasteiger partial charge in [-0.25, -0.2) is 9.97 Å². The molecule has 3 rings (SSSR count). The maximum atomic E-state index is 4.64. The number of nitrogens with zero attached hydrogens (tertiary/aromatic N) is 3. The summed E-state index contributed by atoms with van der Waals surface area (Å²) in [5.74, 6) is 1.12. The van der Waals surface area contributed by atoms with E-state index < -0.39 is 0 Å². The third kappa shape index (κ3) is 2.90. The topological polar surface area (TPSA) is 41.0 Å². The van der Waals surface area contributed by atoms with Gasteiger partial charge in [0.15, 0.2) is 0 Å². The molecule has 1 atom stereocenters. The summed E-state index contributed by atoms with van der Waals surface area (Å²) in [6.07, 6.45) is 5.43. The molecule has 0 aromatic carbocycles. The summed E-state index contributed by atoms with van der Waals surface area (Å²) >= 11 is 1.78. The summed E-state index contributed by atoms with van der Waals surface area (Å²) in [4.78, 5) is 14.0. The second-order valence-corrected chi connectivity index (χ2v) is 7.10. The number of aryl methyl sites for hydroxylation is 2. The van der Waals surface area contributed by atoms with Gasteiger partial charge in [-0.05, 0) is 45.2 Å². The molecule has 1 aliphatic rings. The second kappa shape index (κ2) is 6.28. The van der Waals surface area contributed by atoms with Crippen LogP contribution >= 0.6 is 11.3 Å². The van der Waals surface area contributed by atoms with Gasteiger partial charge in [-0.15, -0.1) is 11.3 Å². The Bertz CT molecular complexity index is 616. The minimum absolute atomic E-state index is 0.599. The van der Waals surface area contributed by atoms with Crippen molar-refractivity contribution in [3.05, 3.63) is 16.8 Å². The van der Waals surface area contributed by atoms with Crippen molar-refractivity contribution in [2.24, 2.45) is 0 Å². The lowest BCUT2D eigenvalue weighted by atomic mass is 10.1. The molecule has 2 aromatic rings. The molecule has 0 amide bonds. The van der Waals surface area contributed by atoms with Crippen molar-refractivity contribution in [3.8, 4) is 0 Å². The predicted octanol–water partition coefficient (Wildman–Crippen LogP) is 3.28. The summed E-state index contributed by atoms with van der Waals surface area (Å²) in [5.41, 5.74) is 1.34. The van der Waals surface area contributed by atoms with Gasteiger partial charge in [0.2, 0.25) is 0 Å². The lowest BCUT2D eigenvalue weighted by molar-refractivity contribution is 0.576. The summed E-state index contributed by atoms with van der Waals surface area (Å²) in [6.45, 7) is 9.86. The molecule has 0 spiro atoms. The molecule has 1 unspecified atom stereocenters. The van der Waals surface area contributed by atoms with Gasteiger partial charge in [0, 0.05) is 24.0 Å². The van der Waals surface area contributed by atoms with Gasteiger partial charge in [-0.2, -0.15) is 0 Å². The molecule has 5 heteroatoms. The fourth-order valence-electron chi connectivity index (χ4n) is 3.14. The lowest BCUT2D eigenvalue weighted by Gasteiger charge is -2.27. The number of anilines is 1. The fraction of sp³-hybridized carbons (Fsp3) is 0.625. The molecule has 0 saturated carbocycles. The monoisotopic (exact) mass is 304 g/mol. The summed E-state index contributed by atoms with van der Waals surface area (Å²) in [5, 5.41) is 4.86. The van der Waals surface area contributed by atoms with E-state index in [4.69, 9.17) is 0 Å².